The zero-order valence-electron chi connectivity index (χ0n) is 8.14. The molecule has 1 aromatic heterocycles. The summed E-state index contributed by atoms with van der Waals surface area (Å²) in [5, 5.41) is 8.95. The molecule has 1 rings (SSSR count). The number of halogens is 3. The van der Waals surface area contributed by atoms with Crippen LogP contribution in [0.25, 0.3) is 0 Å². The number of anilines is 1. The highest BCUT2D eigenvalue weighted by molar-refractivity contribution is 6.20. The van der Waals surface area contributed by atoms with Crippen LogP contribution in [0.5, 0.6) is 0 Å². The van der Waals surface area contributed by atoms with Gasteiger partial charge in [-0.15, -0.1) is 34.8 Å². The van der Waals surface area contributed by atoms with E-state index in [9.17, 15) is 4.79 Å². The molecule has 0 aromatic carbocycles. The molecule has 1 aromatic rings. The van der Waals surface area contributed by atoms with Crippen LogP contribution in [0, 0.1) is 0 Å². The average Bonchev–Trinajstić information content (AvgIpc) is 2.27. The summed E-state index contributed by atoms with van der Waals surface area (Å²) in [7, 11) is 0. The topological polar surface area (TPSA) is 76.2 Å². The molecule has 0 atom stereocenters. The highest BCUT2D eigenvalue weighted by Gasteiger charge is 2.20. The van der Waals surface area contributed by atoms with Crippen molar-refractivity contribution in [3.8, 4) is 0 Å². The van der Waals surface area contributed by atoms with Gasteiger partial charge in [-0.25, -0.2) is 9.78 Å². The number of nitrogens with zero attached hydrogens (tertiary/aromatic N) is 1. The lowest BCUT2D eigenvalue weighted by molar-refractivity contribution is 0.0689. The summed E-state index contributed by atoms with van der Waals surface area (Å²) in [5.74, 6) is -1.05. The second-order valence-electron chi connectivity index (χ2n) is 2.98. The van der Waals surface area contributed by atoms with Gasteiger partial charge < -0.3 is 10.8 Å². The van der Waals surface area contributed by atoms with Crippen molar-refractivity contribution in [2.24, 2.45) is 0 Å². The van der Waals surface area contributed by atoms with Gasteiger partial charge in [-0.1, -0.05) is 0 Å². The number of hydrogen-bond donors (Lipinski definition) is 2. The van der Waals surface area contributed by atoms with Gasteiger partial charge >= 0.3 is 5.97 Å². The Morgan fingerprint density at radius 1 is 1.19 bits per heavy atom. The Hall–Kier alpha value is -0.710. The molecule has 0 amide bonds. The van der Waals surface area contributed by atoms with Gasteiger partial charge in [0.15, 0.2) is 5.69 Å². The third-order valence-electron chi connectivity index (χ3n) is 2.13. The van der Waals surface area contributed by atoms with Crippen LogP contribution in [0.2, 0.25) is 0 Å². The molecule has 7 heteroatoms. The summed E-state index contributed by atoms with van der Waals surface area (Å²) >= 11 is 17.0. The predicted octanol–water partition coefficient (Wildman–Crippen LogP) is 2.58. The molecule has 0 fully saturated rings. The van der Waals surface area contributed by atoms with Crippen molar-refractivity contribution in [1.82, 2.24) is 4.98 Å². The van der Waals surface area contributed by atoms with Crippen LogP contribution in [0.3, 0.4) is 0 Å². The van der Waals surface area contributed by atoms with Crippen LogP contribution in [0.4, 0.5) is 5.69 Å². The summed E-state index contributed by atoms with van der Waals surface area (Å²) in [6, 6.07) is 0. The Kier molecular flexibility index (Phi) is 4.65. The van der Waals surface area contributed by atoms with Crippen LogP contribution < -0.4 is 5.73 Å². The first kappa shape index (κ1) is 13.4. The Labute approximate surface area is 107 Å². The van der Waals surface area contributed by atoms with Crippen molar-refractivity contribution in [3.63, 3.8) is 0 Å². The second kappa shape index (κ2) is 5.57. The van der Waals surface area contributed by atoms with E-state index < -0.39 is 5.97 Å². The monoisotopic (exact) mass is 282 g/mol. The molecule has 0 saturated heterocycles. The van der Waals surface area contributed by atoms with E-state index in [0.717, 1.165) is 0 Å². The van der Waals surface area contributed by atoms with Gasteiger partial charge in [-0.3, -0.25) is 0 Å². The van der Waals surface area contributed by atoms with Gasteiger partial charge in [0.05, 0.1) is 23.3 Å². The minimum Gasteiger partial charge on any atom is -0.477 e. The van der Waals surface area contributed by atoms with Crippen molar-refractivity contribution >= 4 is 46.5 Å². The van der Waals surface area contributed by atoms with Gasteiger partial charge in [0.25, 0.3) is 0 Å². The second-order valence-corrected chi connectivity index (χ2v) is 3.79. The molecule has 0 aliphatic heterocycles. The fourth-order valence-electron chi connectivity index (χ4n) is 1.31. The standard InChI is InChI=1S/C9H9Cl3N2O2/c10-1-4-6(3-12)14-8(9(15)16)5(2-11)7(4)13/h1-3H2,(H2,13,14)(H,15,16). The SMILES string of the molecule is Nc1c(CCl)c(CCl)nc(C(=O)O)c1CCl. The van der Waals surface area contributed by atoms with Crippen LogP contribution in [0.1, 0.15) is 27.3 Å². The molecule has 88 valence electrons. The molecule has 0 aliphatic carbocycles. The summed E-state index contributed by atoms with van der Waals surface area (Å²) in [4.78, 5) is 14.9. The lowest BCUT2D eigenvalue weighted by Crippen LogP contribution is -2.13. The molecule has 4 nitrogen and oxygen atoms in total. The van der Waals surface area contributed by atoms with Crippen molar-refractivity contribution in [2.45, 2.75) is 17.6 Å². The predicted molar refractivity (Wildman–Crippen MR) is 64.3 cm³/mol. The molecule has 16 heavy (non-hydrogen) atoms. The van der Waals surface area contributed by atoms with Crippen molar-refractivity contribution in [3.05, 3.63) is 22.5 Å². The minimum absolute atomic E-state index is 0.0348. The Morgan fingerprint density at radius 3 is 2.12 bits per heavy atom. The summed E-state index contributed by atoms with van der Waals surface area (Å²) in [5.41, 5.74) is 7.07. The van der Waals surface area contributed by atoms with Crippen LogP contribution in [0.15, 0.2) is 0 Å². The van der Waals surface area contributed by atoms with E-state index >= 15 is 0 Å². The minimum atomic E-state index is -1.19. The summed E-state index contributed by atoms with van der Waals surface area (Å²) in [6.07, 6.45) is 0. The van der Waals surface area contributed by atoms with Crippen molar-refractivity contribution < 1.29 is 9.90 Å². The van der Waals surface area contributed by atoms with E-state index in [1.807, 2.05) is 0 Å². The third kappa shape index (κ3) is 2.34. The first-order chi connectivity index (χ1) is 7.56. The average molecular weight is 284 g/mol. The smallest absolute Gasteiger partial charge is 0.354 e. The number of carboxylic acids is 1. The fourth-order valence-corrected chi connectivity index (χ4v) is 2.10. The number of pyridine rings is 1. The molecular weight excluding hydrogens is 274 g/mol. The van der Waals surface area contributed by atoms with E-state index in [1.54, 1.807) is 0 Å². The van der Waals surface area contributed by atoms with Gasteiger partial charge in [0.2, 0.25) is 0 Å². The number of carboxylic acid groups (broad SMARTS) is 1. The molecule has 0 radical (unpaired) electrons. The molecule has 0 unspecified atom stereocenters. The first-order valence-electron chi connectivity index (χ1n) is 4.28. The largest absolute Gasteiger partial charge is 0.477 e. The molecule has 0 saturated carbocycles. The maximum absolute atomic E-state index is 10.9. The highest BCUT2D eigenvalue weighted by Crippen LogP contribution is 2.27. The Balaban J connectivity index is 3.54. The summed E-state index contributed by atoms with van der Waals surface area (Å²) in [6.45, 7) is 0. The molecule has 0 aliphatic rings. The molecule has 3 N–H and O–H groups in total. The van der Waals surface area contributed by atoms with E-state index in [0.29, 0.717) is 11.3 Å². The molecule has 0 bridgehead atoms. The van der Waals surface area contributed by atoms with E-state index in [-0.39, 0.29) is 34.6 Å². The molecular formula is C9H9Cl3N2O2. The number of aromatic nitrogens is 1. The number of aromatic carboxylic acids is 1. The zero-order valence-corrected chi connectivity index (χ0v) is 10.4. The van der Waals surface area contributed by atoms with E-state index in [1.165, 1.54) is 0 Å². The van der Waals surface area contributed by atoms with Gasteiger partial charge in [-0.05, 0) is 0 Å². The van der Waals surface area contributed by atoms with Gasteiger partial charge in [0.1, 0.15) is 0 Å². The number of carbonyl (C=O) groups is 1. The number of nitrogen functional groups attached to an aromatic ring is 1. The number of rotatable bonds is 4. The van der Waals surface area contributed by atoms with E-state index in [4.69, 9.17) is 45.6 Å². The lowest BCUT2D eigenvalue weighted by atomic mass is 10.1. The maximum Gasteiger partial charge on any atom is 0.354 e. The van der Waals surface area contributed by atoms with Crippen LogP contribution in [-0.2, 0) is 17.6 Å². The quantitative estimate of drug-likeness (QED) is 0.833. The third-order valence-corrected chi connectivity index (χ3v) is 2.92. The Morgan fingerprint density at radius 2 is 1.75 bits per heavy atom. The first-order valence-corrected chi connectivity index (χ1v) is 5.88. The molecule has 0 spiro atoms. The normalized spacial score (nSPS) is 10.4. The van der Waals surface area contributed by atoms with Gasteiger partial charge in [0, 0.05) is 16.8 Å². The van der Waals surface area contributed by atoms with Gasteiger partial charge in [-0.2, -0.15) is 0 Å². The summed E-state index contributed by atoms with van der Waals surface area (Å²) < 4.78 is 0. The number of hydrogen-bond acceptors (Lipinski definition) is 3. The fraction of sp³-hybridized carbons (Fsp3) is 0.333. The lowest BCUT2D eigenvalue weighted by Gasteiger charge is -2.13. The Bertz CT molecular complexity index is 424. The zero-order chi connectivity index (χ0) is 12.3. The number of nitrogens with two attached hydrogens (primary N) is 1. The van der Waals surface area contributed by atoms with Crippen molar-refractivity contribution in [1.29, 1.82) is 0 Å². The van der Waals surface area contributed by atoms with Crippen LogP contribution in [-0.4, -0.2) is 16.1 Å². The number of alkyl halides is 3. The van der Waals surface area contributed by atoms with E-state index in [2.05, 4.69) is 4.98 Å². The maximum atomic E-state index is 10.9. The highest BCUT2D eigenvalue weighted by atomic mass is 35.5. The molecule has 1 heterocycles. The van der Waals surface area contributed by atoms with Crippen LogP contribution >= 0.6 is 34.8 Å². The van der Waals surface area contributed by atoms with Crippen molar-refractivity contribution in [2.75, 3.05) is 5.73 Å².